The van der Waals surface area contributed by atoms with Crippen LogP contribution in [0.3, 0.4) is 0 Å². The highest BCUT2D eigenvalue weighted by Crippen LogP contribution is 2.37. The Morgan fingerprint density at radius 3 is 2.50 bits per heavy atom. The number of hydrogen-bond acceptors (Lipinski definition) is 6. The molecule has 11 heteroatoms. The first-order chi connectivity index (χ1) is 19.1. The molecule has 2 aromatic rings. The van der Waals surface area contributed by atoms with Crippen molar-refractivity contribution in [3.63, 3.8) is 0 Å². The first-order valence-corrected chi connectivity index (χ1v) is 13.7. The topological polar surface area (TPSA) is 88.2 Å². The van der Waals surface area contributed by atoms with Gasteiger partial charge in [-0.15, -0.1) is 13.2 Å². The maximum atomic E-state index is 13.0. The van der Waals surface area contributed by atoms with E-state index in [0.717, 1.165) is 49.9 Å². The lowest BCUT2D eigenvalue weighted by Crippen LogP contribution is -2.57. The first kappa shape index (κ1) is 26.6. The summed E-state index contributed by atoms with van der Waals surface area (Å²) in [5, 5.41) is 2.32. The van der Waals surface area contributed by atoms with Gasteiger partial charge < -0.3 is 14.4 Å². The maximum Gasteiger partial charge on any atom is 0.573 e. The van der Waals surface area contributed by atoms with Crippen molar-refractivity contribution >= 4 is 17.7 Å². The maximum absolute atomic E-state index is 13.0. The van der Waals surface area contributed by atoms with Crippen molar-refractivity contribution in [1.82, 2.24) is 15.1 Å². The van der Waals surface area contributed by atoms with Crippen LogP contribution in [-0.2, 0) is 16.1 Å². The van der Waals surface area contributed by atoms with Gasteiger partial charge in [0.1, 0.15) is 23.6 Å². The van der Waals surface area contributed by atoms with Gasteiger partial charge in [0.25, 0.3) is 5.91 Å². The number of hydrogen-bond donors (Lipinski definition) is 1. The average molecular weight is 558 g/mol. The minimum absolute atomic E-state index is 0.0454. The molecule has 0 bridgehead atoms. The number of alkyl halides is 3. The summed E-state index contributed by atoms with van der Waals surface area (Å²) >= 11 is 0. The van der Waals surface area contributed by atoms with Crippen molar-refractivity contribution in [3.8, 4) is 11.5 Å². The fourth-order valence-electron chi connectivity index (χ4n) is 6.39. The number of nitrogens with zero attached hydrogens (tertiary/aromatic N) is 2. The zero-order chi connectivity index (χ0) is 28.0. The van der Waals surface area contributed by atoms with Gasteiger partial charge in [-0.05, 0) is 67.1 Å². The number of piperidine rings is 1. The van der Waals surface area contributed by atoms with E-state index in [0.29, 0.717) is 17.7 Å². The lowest BCUT2D eigenvalue weighted by atomic mass is 9.84. The van der Waals surface area contributed by atoms with Crippen LogP contribution in [0.25, 0.3) is 0 Å². The van der Waals surface area contributed by atoms with Gasteiger partial charge in [0.05, 0.1) is 0 Å². The molecule has 3 heterocycles. The van der Waals surface area contributed by atoms with E-state index in [2.05, 4.69) is 15.0 Å². The number of nitrogens with one attached hydrogen (secondary N) is 1. The summed E-state index contributed by atoms with van der Waals surface area (Å²) < 4.78 is 48.5. The highest BCUT2D eigenvalue weighted by atomic mass is 19.4. The second kappa shape index (κ2) is 10.4. The van der Waals surface area contributed by atoms with E-state index in [9.17, 15) is 27.6 Å². The molecule has 2 saturated heterocycles. The number of imide groups is 1. The van der Waals surface area contributed by atoms with Crippen molar-refractivity contribution < 1.29 is 37.0 Å². The van der Waals surface area contributed by atoms with Crippen LogP contribution in [0.1, 0.15) is 65.9 Å². The number of amides is 3. The van der Waals surface area contributed by atoms with Crippen LogP contribution in [0.15, 0.2) is 42.5 Å². The Kier molecular flexibility index (Phi) is 6.93. The summed E-state index contributed by atoms with van der Waals surface area (Å²) in [6.07, 6.45) is -0.254. The molecule has 3 fully saturated rings. The molecule has 1 N–H and O–H groups in total. The van der Waals surface area contributed by atoms with E-state index in [1.807, 2.05) is 12.1 Å². The fourth-order valence-corrected chi connectivity index (χ4v) is 6.39. The third-order valence-corrected chi connectivity index (χ3v) is 8.39. The standard InChI is InChI=1S/C29H30F3N3O5/c30-29(31,32)40-21-5-3-4-17(12-21)19-14-34(15-19)23-6-1-2-7-25(23)39-20-8-9-22-18(13-20)16-35(28(22)38)24-10-11-26(36)33-27(24)37/h3-5,8-9,12-13,19,23-25H,1-2,6-7,10-11,14-16H2,(H,33,36,37)/t23-,24?,25+/m1/s1. The van der Waals surface area contributed by atoms with Crippen LogP contribution < -0.4 is 14.8 Å². The number of rotatable bonds is 6. The minimum Gasteiger partial charge on any atom is -0.489 e. The Morgan fingerprint density at radius 1 is 0.925 bits per heavy atom. The van der Waals surface area contributed by atoms with Crippen molar-refractivity contribution in [2.45, 2.75) is 75.5 Å². The Morgan fingerprint density at radius 2 is 1.73 bits per heavy atom. The Labute approximate surface area is 229 Å². The molecule has 0 radical (unpaired) electrons. The van der Waals surface area contributed by atoms with Crippen LogP contribution in [0.4, 0.5) is 13.2 Å². The monoisotopic (exact) mass is 557 g/mol. The summed E-state index contributed by atoms with van der Waals surface area (Å²) in [5.74, 6) is -0.380. The van der Waals surface area contributed by atoms with Gasteiger partial charge >= 0.3 is 6.36 Å². The van der Waals surface area contributed by atoms with Gasteiger partial charge in [-0.3, -0.25) is 24.6 Å². The van der Waals surface area contributed by atoms with Gasteiger partial charge in [-0.2, -0.15) is 0 Å². The van der Waals surface area contributed by atoms with Crippen molar-refractivity contribution in [2.24, 2.45) is 0 Å². The normalized spacial score (nSPS) is 25.8. The first-order valence-electron chi connectivity index (χ1n) is 13.7. The molecule has 2 aromatic carbocycles. The van der Waals surface area contributed by atoms with E-state index in [-0.39, 0.29) is 48.6 Å². The number of likely N-dealkylation sites (tertiary alicyclic amines) is 1. The molecule has 40 heavy (non-hydrogen) atoms. The predicted octanol–water partition coefficient (Wildman–Crippen LogP) is 4.14. The number of carbonyl (C=O) groups is 3. The Balaban J connectivity index is 1.09. The molecule has 0 aromatic heterocycles. The largest absolute Gasteiger partial charge is 0.573 e. The average Bonchev–Trinajstić information content (AvgIpc) is 3.19. The third kappa shape index (κ3) is 5.39. The molecule has 1 saturated carbocycles. The number of carbonyl (C=O) groups excluding carboxylic acids is 3. The van der Waals surface area contributed by atoms with Crippen LogP contribution in [0.2, 0.25) is 0 Å². The summed E-state index contributed by atoms with van der Waals surface area (Å²) in [5.41, 5.74) is 2.17. The van der Waals surface area contributed by atoms with Crippen LogP contribution >= 0.6 is 0 Å². The van der Waals surface area contributed by atoms with E-state index in [4.69, 9.17) is 4.74 Å². The van der Waals surface area contributed by atoms with Gasteiger partial charge in [-0.1, -0.05) is 18.6 Å². The van der Waals surface area contributed by atoms with Crippen molar-refractivity contribution in [1.29, 1.82) is 0 Å². The molecular weight excluding hydrogens is 527 g/mol. The molecule has 4 aliphatic rings. The summed E-state index contributed by atoms with van der Waals surface area (Å²) in [6, 6.07) is 11.1. The number of benzene rings is 2. The zero-order valence-electron chi connectivity index (χ0n) is 21.8. The SMILES string of the molecule is O=C1CCC(N2Cc3cc(O[C@H]4CCCC[C@H]4N4CC(c5cccc(OC(F)(F)F)c5)C4)ccc3C2=O)C(=O)N1. The summed E-state index contributed by atoms with van der Waals surface area (Å²) in [4.78, 5) is 40.7. The van der Waals surface area contributed by atoms with Crippen LogP contribution in [0.5, 0.6) is 11.5 Å². The van der Waals surface area contributed by atoms with E-state index >= 15 is 0 Å². The highest BCUT2D eigenvalue weighted by molar-refractivity contribution is 6.05. The molecular formula is C29H30F3N3O5. The molecule has 1 aliphatic carbocycles. The smallest absolute Gasteiger partial charge is 0.489 e. The molecule has 0 spiro atoms. The number of halogens is 3. The highest BCUT2D eigenvalue weighted by Gasteiger charge is 2.41. The lowest BCUT2D eigenvalue weighted by Gasteiger charge is -2.48. The van der Waals surface area contributed by atoms with Gasteiger partial charge in [0.2, 0.25) is 11.8 Å². The number of ether oxygens (including phenoxy) is 2. The molecule has 3 aliphatic heterocycles. The molecule has 8 nitrogen and oxygen atoms in total. The second-order valence-corrected chi connectivity index (χ2v) is 11.0. The molecule has 212 valence electrons. The van der Waals surface area contributed by atoms with E-state index < -0.39 is 18.3 Å². The van der Waals surface area contributed by atoms with Crippen molar-refractivity contribution in [3.05, 3.63) is 59.2 Å². The minimum atomic E-state index is -4.72. The van der Waals surface area contributed by atoms with Gasteiger partial charge in [-0.25, -0.2) is 0 Å². The van der Waals surface area contributed by atoms with Gasteiger partial charge in [0.15, 0.2) is 0 Å². The molecule has 1 unspecified atom stereocenters. The van der Waals surface area contributed by atoms with E-state index in [1.54, 1.807) is 18.2 Å². The Bertz CT molecular complexity index is 1330. The van der Waals surface area contributed by atoms with Crippen molar-refractivity contribution in [2.75, 3.05) is 13.1 Å². The third-order valence-electron chi connectivity index (χ3n) is 8.39. The zero-order valence-corrected chi connectivity index (χ0v) is 21.8. The van der Waals surface area contributed by atoms with Gasteiger partial charge in [0, 0.05) is 43.6 Å². The molecule has 6 rings (SSSR count). The van der Waals surface area contributed by atoms with Crippen LogP contribution in [-0.4, -0.2) is 65.2 Å². The lowest BCUT2D eigenvalue weighted by molar-refractivity contribution is -0.274. The molecule has 3 atom stereocenters. The fraction of sp³-hybridized carbons (Fsp3) is 0.483. The predicted molar refractivity (Wildman–Crippen MR) is 137 cm³/mol. The van der Waals surface area contributed by atoms with E-state index in [1.165, 1.54) is 17.0 Å². The summed E-state index contributed by atoms with van der Waals surface area (Å²) in [7, 11) is 0. The summed E-state index contributed by atoms with van der Waals surface area (Å²) in [6.45, 7) is 1.76. The van der Waals surface area contributed by atoms with Crippen LogP contribution in [0, 0.1) is 0 Å². The Hall–Kier alpha value is -3.60. The quantitative estimate of drug-likeness (QED) is 0.538. The number of fused-ring (bicyclic) bond motifs is 1. The molecule has 3 amide bonds. The second-order valence-electron chi connectivity index (χ2n) is 11.0.